The van der Waals surface area contributed by atoms with Gasteiger partial charge in [0, 0.05) is 12.0 Å². The van der Waals surface area contributed by atoms with Crippen LogP contribution < -0.4 is 10.9 Å². The van der Waals surface area contributed by atoms with Gasteiger partial charge in [-0.2, -0.15) is 0 Å². The molecule has 0 rings (SSSR count). The van der Waals surface area contributed by atoms with Crippen LogP contribution in [0.1, 0.15) is 40.5 Å². The Morgan fingerprint density at radius 3 is 2.33 bits per heavy atom. The van der Waals surface area contributed by atoms with Crippen LogP contribution in [0.25, 0.3) is 0 Å². The highest BCUT2D eigenvalue weighted by Gasteiger charge is 2.33. The lowest BCUT2D eigenvalue weighted by molar-refractivity contribution is -0.147. The molecule has 5 nitrogen and oxygen atoms in total. The lowest BCUT2D eigenvalue weighted by Crippen LogP contribution is -2.46. The molecule has 3 unspecified atom stereocenters. The summed E-state index contributed by atoms with van der Waals surface area (Å²) in [5, 5.41) is 9.16. The average molecular weight is 258 g/mol. The first-order valence-corrected chi connectivity index (χ1v) is 6.35. The first kappa shape index (κ1) is 17.1. The van der Waals surface area contributed by atoms with Crippen molar-refractivity contribution in [2.75, 3.05) is 7.05 Å². The van der Waals surface area contributed by atoms with Crippen LogP contribution >= 0.6 is 0 Å². The van der Waals surface area contributed by atoms with Gasteiger partial charge in [0.1, 0.15) is 6.29 Å². The van der Waals surface area contributed by atoms with Crippen LogP contribution in [0.3, 0.4) is 0 Å². The molecule has 0 saturated heterocycles. The molecule has 0 aliphatic heterocycles. The Hall–Kier alpha value is -0.940. The number of carbonyl (C=O) groups excluding carboxylic acids is 1. The van der Waals surface area contributed by atoms with Gasteiger partial charge >= 0.3 is 5.97 Å². The Kier molecular flexibility index (Phi) is 7.09. The van der Waals surface area contributed by atoms with Crippen molar-refractivity contribution in [1.29, 1.82) is 0 Å². The third-order valence-corrected chi connectivity index (χ3v) is 3.30. The van der Waals surface area contributed by atoms with E-state index in [-0.39, 0.29) is 17.9 Å². The molecule has 0 aliphatic rings. The molecule has 18 heavy (non-hydrogen) atoms. The highest BCUT2D eigenvalue weighted by molar-refractivity contribution is 5.73. The average Bonchev–Trinajstić information content (AvgIpc) is 2.27. The summed E-state index contributed by atoms with van der Waals surface area (Å²) < 4.78 is 0. The van der Waals surface area contributed by atoms with Crippen LogP contribution in [0.4, 0.5) is 0 Å². The number of carboxylic acids is 1. The number of rotatable bonds is 9. The lowest BCUT2D eigenvalue weighted by Gasteiger charge is -2.31. The van der Waals surface area contributed by atoms with E-state index in [1.807, 2.05) is 13.8 Å². The van der Waals surface area contributed by atoms with Gasteiger partial charge in [-0.3, -0.25) is 15.6 Å². The minimum absolute atomic E-state index is 0.00547. The predicted molar refractivity (Wildman–Crippen MR) is 71.0 cm³/mol. The molecule has 3 atom stereocenters. The predicted octanol–water partition coefficient (Wildman–Crippen LogP) is 1.44. The van der Waals surface area contributed by atoms with E-state index in [9.17, 15) is 9.59 Å². The normalized spacial score (nSPS) is 16.9. The van der Waals surface area contributed by atoms with Crippen molar-refractivity contribution in [3.63, 3.8) is 0 Å². The van der Waals surface area contributed by atoms with Crippen LogP contribution in [-0.2, 0) is 9.59 Å². The summed E-state index contributed by atoms with van der Waals surface area (Å²) in [6.45, 7) is 7.35. The van der Waals surface area contributed by atoms with Crippen molar-refractivity contribution >= 4 is 12.3 Å². The molecule has 0 aromatic rings. The summed E-state index contributed by atoms with van der Waals surface area (Å²) in [5.74, 6) is -0.591. The van der Waals surface area contributed by atoms with E-state index < -0.39 is 11.4 Å². The van der Waals surface area contributed by atoms with Gasteiger partial charge in [0.15, 0.2) is 0 Å². The third kappa shape index (κ3) is 5.60. The molecule has 0 fully saturated rings. The zero-order valence-electron chi connectivity index (χ0n) is 12.0. The van der Waals surface area contributed by atoms with Gasteiger partial charge in [-0.15, -0.1) is 0 Å². The number of hydrazine groups is 1. The highest BCUT2D eigenvalue weighted by Crippen LogP contribution is 2.27. The van der Waals surface area contributed by atoms with Crippen molar-refractivity contribution in [2.45, 2.75) is 46.6 Å². The minimum Gasteiger partial charge on any atom is -0.481 e. The van der Waals surface area contributed by atoms with Crippen molar-refractivity contribution < 1.29 is 14.7 Å². The molecule has 0 saturated carbocycles. The zero-order valence-corrected chi connectivity index (χ0v) is 12.0. The zero-order chi connectivity index (χ0) is 14.3. The number of aldehydes is 1. The Morgan fingerprint density at radius 2 is 1.94 bits per heavy atom. The van der Waals surface area contributed by atoms with Crippen LogP contribution in [0.5, 0.6) is 0 Å². The van der Waals surface area contributed by atoms with E-state index in [0.717, 1.165) is 12.7 Å². The Morgan fingerprint density at radius 1 is 1.39 bits per heavy atom. The molecule has 0 radical (unpaired) electrons. The van der Waals surface area contributed by atoms with E-state index in [1.54, 1.807) is 20.9 Å². The fourth-order valence-corrected chi connectivity index (χ4v) is 2.02. The number of carbonyl (C=O) groups is 2. The summed E-state index contributed by atoms with van der Waals surface area (Å²) in [7, 11) is 1.76. The SMILES string of the molecule is CNNC(CC(C)(C)C(=O)O)C(C)CC(C)C=O. The topological polar surface area (TPSA) is 78.4 Å². The van der Waals surface area contributed by atoms with Gasteiger partial charge in [-0.25, -0.2) is 0 Å². The first-order valence-electron chi connectivity index (χ1n) is 6.35. The molecule has 5 heteroatoms. The van der Waals surface area contributed by atoms with Crippen molar-refractivity contribution in [1.82, 2.24) is 10.9 Å². The number of aliphatic carboxylic acids is 1. The molecule has 0 spiro atoms. The molecule has 106 valence electrons. The summed E-state index contributed by atoms with van der Waals surface area (Å²) in [4.78, 5) is 21.8. The minimum atomic E-state index is -0.805. The van der Waals surface area contributed by atoms with Gasteiger partial charge in [-0.05, 0) is 39.7 Å². The molecular weight excluding hydrogens is 232 g/mol. The quantitative estimate of drug-likeness (QED) is 0.431. The van der Waals surface area contributed by atoms with Gasteiger partial charge in [0.25, 0.3) is 0 Å². The van der Waals surface area contributed by atoms with E-state index in [2.05, 4.69) is 10.9 Å². The number of carboxylic acid groups (broad SMARTS) is 1. The van der Waals surface area contributed by atoms with E-state index in [0.29, 0.717) is 6.42 Å². The molecule has 0 bridgehead atoms. The van der Waals surface area contributed by atoms with Gasteiger partial charge in [0.2, 0.25) is 0 Å². The largest absolute Gasteiger partial charge is 0.481 e. The second-order valence-corrected chi connectivity index (χ2v) is 5.72. The number of hydrogen-bond donors (Lipinski definition) is 3. The highest BCUT2D eigenvalue weighted by atomic mass is 16.4. The Labute approximate surface area is 109 Å². The molecule has 0 heterocycles. The molecular formula is C13H26N2O3. The smallest absolute Gasteiger partial charge is 0.309 e. The maximum atomic E-state index is 11.2. The fraction of sp³-hybridized carbons (Fsp3) is 0.846. The standard InChI is InChI=1S/C13H26N2O3/c1-9(8-16)6-10(2)11(15-14-5)7-13(3,4)12(17)18/h8-11,14-15H,6-7H2,1-5H3,(H,17,18). The van der Waals surface area contributed by atoms with Gasteiger partial charge < -0.3 is 9.90 Å². The second kappa shape index (κ2) is 7.48. The van der Waals surface area contributed by atoms with Crippen molar-refractivity contribution in [2.24, 2.45) is 17.3 Å². The number of hydrogen-bond acceptors (Lipinski definition) is 4. The monoisotopic (exact) mass is 258 g/mol. The maximum Gasteiger partial charge on any atom is 0.309 e. The molecule has 0 aromatic heterocycles. The fourth-order valence-electron chi connectivity index (χ4n) is 2.02. The summed E-state index contributed by atoms with van der Waals surface area (Å²) >= 11 is 0. The van der Waals surface area contributed by atoms with Crippen molar-refractivity contribution in [3.05, 3.63) is 0 Å². The van der Waals surface area contributed by atoms with Crippen LogP contribution in [-0.4, -0.2) is 30.5 Å². The van der Waals surface area contributed by atoms with Crippen LogP contribution in [0, 0.1) is 17.3 Å². The third-order valence-electron chi connectivity index (χ3n) is 3.30. The van der Waals surface area contributed by atoms with Crippen LogP contribution in [0.15, 0.2) is 0 Å². The number of nitrogens with one attached hydrogen (secondary N) is 2. The van der Waals surface area contributed by atoms with Crippen molar-refractivity contribution in [3.8, 4) is 0 Å². The van der Waals surface area contributed by atoms with Gasteiger partial charge in [0.05, 0.1) is 5.41 Å². The summed E-state index contributed by atoms with van der Waals surface area (Å²) in [6, 6.07) is 0.0171. The Balaban J connectivity index is 4.64. The van der Waals surface area contributed by atoms with E-state index >= 15 is 0 Å². The molecule has 0 amide bonds. The summed E-state index contributed by atoms with van der Waals surface area (Å²) in [6.07, 6.45) is 2.20. The maximum absolute atomic E-state index is 11.2. The van der Waals surface area contributed by atoms with E-state index in [1.165, 1.54) is 0 Å². The van der Waals surface area contributed by atoms with Crippen LogP contribution in [0.2, 0.25) is 0 Å². The second-order valence-electron chi connectivity index (χ2n) is 5.72. The first-order chi connectivity index (χ1) is 8.24. The van der Waals surface area contributed by atoms with Gasteiger partial charge in [-0.1, -0.05) is 13.8 Å². The lowest BCUT2D eigenvalue weighted by atomic mass is 9.80. The molecule has 0 aliphatic carbocycles. The summed E-state index contributed by atoms with van der Waals surface area (Å²) in [5.41, 5.74) is 5.18. The Bertz CT molecular complexity index is 279. The van der Waals surface area contributed by atoms with E-state index in [4.69, 9.17) is 5.11 Å². The molecule has 3 N–H and O–H groups in total. The molecule has 0 aromatic carbocycles.